The number of aliphatic imine (C=N–C) groups is 1. The number of likely N-dealkylation sites (N-methyl/N-ethyl adjacent to an activating group) is 1. The maximum atomic E-state index is 11.0. The van der Waals surface area contributed by atoms with Gasteiger partial charge in [-0.05, 0) is 13.3 Å². The minimum atomic E-state index is -0.410. The number of nitrogens with zero attached hydrogens (tertiary/aromatic N) is 2. The molecule has 4 nitrogen and oxygen atoms in total. The van der Waals surface area contributed by atoms with Crippen molar-refractivity contribution in [1.82, 2.24) is 5.32 Å². The number of nitriles is 1. The normalized spacial score (nSPS) is 14.9. The number of hydrogen-bond donors (Lipinski definition) is 1. The van der Waals surface area contributed by atoms with Gasteiger partial charge in [-0.15, -0.1) is 0 Å². The molecule has 0 saturated carbocycles. The SMILES string of the molecule is CCC(C#N)/C=N\C(C)C(=O)NC. The predicted octanol–water partition coefficient (Wildman–Crippen LogP) is 0.741. The molecule has 0 aliphatic rings. The van der Waals surface area contributed by atoms with Crippen molar-refractivity contribution in [3.8, 4) is 6.07 Å². The molecule has 2 unspecified atom stereocenters. The van der Waals surface area contributed by atoms with Crippen molar-refractivity contribution in [3.63, 3.8) is 0 Å². The molecule has 13 heavy (non-hydrogen) atoms. The van der Waals surface area contributed by atoms with E-state index in [1.54, 1.807) is 20.2 Å². The van der Waals surface area contributed by atoms with E-state index in [-0.39, 0.29) is 11.8 Å². The molecule has 1 N–H and O–H groups in total. The summed E-state index contributed by atoms with van der Waals surface area (Å²) in [6.07, 6.45) is 2.26. The average molecular weight is 181 g/mol. The van der Waals surface area contributed by atoms with E-state index in [0.29, 0.717) is 0 Å². The van der Waals surface area contributed by atoms with Gasteiger partial charge in [0.25, 0.3) is 0 Å². The van der Waals surface area contributed by atoms with Crippen LogP contribution in [0.3, 0.4) is 0 Å². The molecule has 0 saturated heterocycles. The zero-order valence-electron chi connectivity index (χ0n) is 8.24. The summed E-state index contributed by atoms with van der Waals surface area (Å²) < 4.78 is 0. The van der Waals surface area contributed by atoms with Gasteiger partial charge in [0, 0.05) is 13.3 Å². The zero-order chi connectivity index (χ0) is 10.3. The summed E-state index contributed by atoms with van der Waals surface area (Å²) in [6.45, 7) is 3.60. The highest BCUT2D eigenvalue weighted by atomic mass is 16.2. The number of nitrogens with one attached hydrogen (secondary N) is 1. The van der Waals surface area contributed by atoms with Crippen LogP contribution in [-0.2, 0) is 4.79 Å². The van der Waals surface area contributed by atoms with Gasteiger partial charge in [0.15, 0.2) is 0 Å². The van der Waals surface area contributed by atoms with Gasteiger partial charge >= 0.3 is 0 Å². The molecule has 0 aliphatic carbocycles. The molecule has 0 aromatic heterocycles. The smallest absolute Gasteiger partial charge is 0.244 e. The maximum Gasteiger partial charge on any atom is 0.244 e. The topological polar surface area (TPSA) is 65.2 Å². The van der Waals surface area contributed by atoms with Gasteiger partial charge < -0.3 is 5.32 Å². The molecule has 72 valence electrons. The van der Waals surface area contributed by atoms with Gasteiger partial charge in [-0.1, -0.05) is 6.92 Å². The van der Waals surface area contributed by atoms with Crippen LogP contribution in [0.15, 0.2) is 4.99 Å². The molecule has 0 radical (unpaired) electrons. The third-order valence-electron chi connectivity index (χ3n) is 1.72. The summed E-state index contributed by atoms with van der Waals surface area (Å²) in [7, 11) is 1.57. The van der Waals surface area contributed by atoms with E-state index in [0.717, 1.165) is 6.42 Å². The number of rotatable bonds is 4. The van der Waals surface area contributed by atoms with Gasteiger partial charge in [-0.2, -0.15) is 5.26 Å². The van der Waals surface area contributed by atoms with Crippen LogP contribution in [0.25, 0.3) is 0 Å². The molecule has 0 aromatic carbocycles. The van der Waals surface area contributed by atoms with Crippen LogP contribution in [0.2, 0.25) is 0 Å². The van der Waals surface area contributed by atoms with E-state index in [4.69, 9.17) is 5.26 Å². The largest absolute Gasteiger partial charge is 0.357 e. The summed E-state index contributed by atoms with van der Waals surface area (Å²) in [4.78, 5) is 15.0. The standard InChI is InChI=1S/C9H15N3O/c1-4-8(5-10)6-12-7(2)9(13)11-3/h6-8H,4H2,1-3H3,(H,11,13)/b12-6-. The molecular weight excluding hydrogens is 166 g/mol. The highest BCUT2D eigenvalue weighted by Gasteiger charge is 2.08. The summed E-state index contributed by atoms with van der Waals surface area (Å²) in [5.74, 6) is -0.323. The van der Waals surface area contributed by atoms with E-state index in [2.05, 4.69) is 16.4 Å². The van der Waals surface area contributed by atoms with Crippen molar-refractivity contribution in [3.05, 3.63) is 0 Å². The van der Waals surface area contributed by atoms with Gasteiger partial charge in [-0.3, -0.25) is 9.79 Å². The lowest BCUT2D eigenvalue weighted by Gasteiger charge is -2.04. The van der Waals surface area contributed by atoms with Crippen molar-refractivity contribution in [2.75, 3.05) is 7.05 Å². The van der Waals surface area contributed by atoms with E-state index in [9.17, 15) is 4.79 Å². The Bertz CT molecular complexity index is 230. The lowest BCUT2D eigenvalue weighted by atomic mass is 10.1. The van der Waals surface area contributed by atoms with Crippen molar-refractivity contribution < 1.29 is 4.79 Å². The Morgan fingerprint density at radius 3 is 2.77 bits per heavy atom. The molecule has 0 aromatic rings. The molecule has 0 fully saturated rings. The minimum absolute atomic E-state index is 0.135. The van der Waals surface area contributed by atoms with Crippen LogP contribution in [-0.4, -0.2) is 25.2 Å². The fourth-order valence-corrected chi connectivity index (χ4v) is 0.740. The number of amides is 1. The second-order valence-electron chi connectivity index (χ2n) is 2.73. The first-order chi connectivity index (χ1) is 6.15. The van der Waals surface area contributed by atoms with Gasteiger partial charge in [0.2, 0.25) is 5.91 Å². The van der Waals surface area contributed by atoms with Crippen LogP contribution in [0.5, 0.6) is 0 Å². The van der Waals surface area contributed by atoms with Crippen molar-refractivity contribution in [1.29, 1.82) is 5.26 Å². The lowest BCUT2D eigenvalue weighted by molar-refractivity contribution is -0.121. The summed E-state index contributed by atoms with van der Waals surface area (Å²) >= 11 is 0. The molecule has 0 spiro atoms. The quantitative estimate of drug-likeness (QED) is 0.650. The lowest BCUT2D eigenvalue weighted by Crippen LogP contribution is -2.28. The molecule has 0 aliphatic heterocycles. The van der Waals surface area contributed by atoms with Gasteiger partial charge in [0.1, 0.15) is 6.04 Å². The first-order valence-electron chi connectivity index (χ1n) is 4.30. The van der Waals surface area contributed by atoms with Crippen molar-refractivity contribution >= 4 is 12.1 Å². The summed E-state index contributed by atoms with van der Waals surface area (Å²) in [5, 5.41) is 11.1. The zero-order valence-corrected chi connectivity index (χ0v) is 8.24. The fourth-order valence-electron chi connectivity index (χ4n) is 0.740. The molecule has 4 heteroatoms. The number of carbonyl (C=O) groups excluding carboxylic acids is 1. The molecule has 0 heterocycles. The third-order valence-corrected chi connectivity index (χ3v) is 1.72. The highest BCUT2D eigenvalue weighted by molar-refractivity contribution is 5.83. The molecule has 0 bridgehead atoms. The average Bonchev–Trinajstić information content (AvgIpc) is 2.17. The molecular formula is C9H15N3O. The van der Waals surface area contributed by atoms with Gasteiger partial charge in [-0.25, -0.2) is 0 Å². The Kier molecular flexibility index (Phi) is 5.53. The van der Waals surface area contributed by atoms with Crippen LogP contribution in [0, 0.1) is 17.2 Å². The molecule has 2 atom stereocenters. The predicted molar refractivity (Wildman–Crippen MR) is 51.4 cm³/mol. The van der Waals surface area contributed by atoms with E-state index < -0.39 is 6.04 Å². The highest BCUT2D eigenvalue weighted by Crippen LogP contribution is 1.97. The molecule has 1 amide bonds. The van der Waals surface area contributed by atoms with Crippen LogP contribution < -0.4 is 5.32 Å². The third kappa shape index (κ3) is 4.26. The van der Waals surface area contributed by atoms with E-state index in [1.807, 2.05) is 6.92 Å². The van der Waals surface area contributed by atoms with Gasteiger partial charge in [0.05, 0.1) is 12.0 Å². The summed E-state index contributed by atoms with van der Waals surface area (Å²) in [6, 6.07) is 1.67. The molecule has 0 rings (SSSR count). The second kappa shape index (κ2) is 6.18. The Morgan fingerprint density at radius 1 is 1.77 bits per heavy atom. The Morgan fingerprint density at radius 2 is 2.38 bits per heavy atom. The first-order valence-corrected chi connectivity index (χ1v) is 4.30. The monoisotopic (exact) mass is 181 g/mol. The Labute approximate surface area is 78.7 Å². The van der Waals surface area contributed by atoms with Crippen LogP contribution >= 0.6 is 0 Å². The fraction of sp³-hybridized carbons (Fsp3) is 0.667. The van der Waals surface area contributed by atoms with Crippen LogP contribution in [0.1, 0.15) is 20.3 Å². The number of carbonyl (C=O) groups is 1. The second-order valence-corrected chi connectivity index (χ2v) is 2.73. The Hall–Kier alpha value is -1.37. The maximum absolute atomic E-state index is 11.0. The number of hydrogen-bond acceptors (Lipinski definition) is 3. The Balaban J connectivity index is 4.11. The van der Waals surface area contributed by atoms with E-state index >= 15 is 0 Å². The van der Waals surface area contributed by atoms with Crippen molar-refractivity contribution in [2.45, 2.75) is 26.3 Å². The van der Waals surface area contributed by atoms with E-state index in [1.165, 1.54) is 0 Å². The first kappa shape index (κ1) is 11.6. The minimum Gasteiger partial charge on any atom is -0.357 e. The van der Waals surface area contributed by atoms with Crippen molar-refractivity contribution in [2.24, 2.45) is 10.9 Å². The van der Waals surface area contributed by atoms with Crippen LogP contribution in [0.4, 0.5) is 0 Å². The summed E-state index contributed by atoms with van der Waals surface area (Å²) in [5.41, 5.74) is 0.